The molecular formula is C16H21N3OS. The van der Waals surface area contributed by atoms with E-state index < -0.39 is 0 Å². The molecule has 2 aromatic rings. The molecular weight excluding hydrogens is 282 g/mol. The highest BCUT2D eigenvalue weighted by Gasteiger charge is 2.20. The normalized spacial score (nSPS) is 12.2. The predicted molar refractivity (Wildman–Crippen MR) is 91.2 cm³/mol. The van der Waals surface area contributed by atoms with Gasteiger partial charge in [0.25, 0.3) is 5.91 Å². The Hall–Kier alpha value is -1.75. The number of aromatic nitrogens is 1. The monoisotopic (exact) mass is 303 g/mol. The number of fused-ring (bicyclic) bond motifs is 1. The van der Waals surface area contributed by atoms with Gasteiger partial charge in [0.1, 0.15) is 5.82 Å². The number of rotatable bonds is 5. The summed E-state index contributed by atoms with van der Waals surface area (Å²) >= 11 is 1.74. The number of thioether (sulfide) groups is 1. The number of nitrogens with one attached hydrogen (secondary N) is 1. The van der Waals surface area contributed by atoms with Crippen LogP contribution in [0.1, 0.15) is 17.3 Å². The van der Waals surface area contributed by atoms with Crippen molar-refractivity contribution in [3.8, 4) is 0 Å². The van der Waals surface area contributed by atoms with Crippen LogP contribution in [-0.4, -0.2) is 47.9 Å². The van der Waals surface area contributed by atoms with Gasteiger partial charge < -0.3 is 10.2 Å². The molecule has 1 N–H and O–H groups in total. The van der Waals surface area contributed by atoms with Gasteiger partial charge in [-0.2, -0.15) is 11.8 Å². The Morgan fingerprint density at radius 2 is 2.14 bits per heavy atom. The van der Waals surface area contributed by atoms with Crippen molar-refractivity contribution in [2.45, 2.75) is 13.0 Å². The van der Waals surface area contributed by atoms with Crippen molar-refractivity contribution in [2.75, 3.05) is 31.4 Å². The maximum absolute atomic E-state index is 12.8. The van der Waals surface area contributed by atoms with Gasteiger partial charge in [-0.25, -0.2) is 4.98 Å². The highest BCUT2D eigenvalue weighted by Crippen LogP contribution is 2.22. The van der Waals surface area contributed by atoms with E-state index in [1.165, 1.54) is 0 Å². The zero-order chi connectivity index (χ0) is 15.4. The quantitative estimate of drug-likeness (QED) is 0.922. The SMILES string of the molecule is CNc1cc(C(=O)N(C)[C@@H](C)CSC)c2ccccc2n1. The Balaban J connectivity index is 2.46. The molecule has 1 aromatic carbocycles. The van der Waals surface area contributed by atoms with Crippen molar-refractivity contribution < 1.29 is 4.79 Å². The smallest absolute Gasteiger partial charge is 0.254 e. The Kier molecular flexibility index (Phi) is 5.07. The maximum atomic E-state index is 12.8. The predicted octanol–water partition coefficient (Wildman–Crippen LogP) is 3.10. The minimum atomic E-state index is 0.0339. The van der Waals surface area contributed by atoms with E-state index in [1.54, 1.807) is 16.7 Å². The van der Waals surface area contributed by atoms with Gasteiger partial charge in [0, 0.05) is 31.3 Å². The van der Waals surface area contributed by atoms with Crippen molar-refractivity contribution in [1.82, 2.24) is 9.88 Å². The highest BCUT2D eigenvalue weighted by atomic mass is 32.2. The van der Waals surface area contributed by atoms with Crippen molar-refractivity contribution >= 4 is 34.4 Å². The lowest BCUT2D eigenvalue weighted by molar-refractivity contribution is 0.0759. The van der Waals surface area contributed by atoms with E-state index in [0.29, 0.717) is 11.4 Å². The fourth-order valence-electron chi connectivity index (χ4n) is 2.22. The Morgan fingerprint density at radius 1 is 1.43 bits per heavy atom. The molecule has 112 valence electrons. The summed E-state index contributed by atoms with van der Waals surface area (Å²) in [6.07, 6.45) is 2.05. The molecule has 21 heavy (non-hydrogen) atoms. The second-order valence-electron chi connectivity index (χ2n) is 5.04. The second-order valence-corrected chi connectivity index (χ2v) is 5.95. The number of anilines is 1. The Labute approximate surface area is 129 Å². The topological polar surface area (TPSA) is 45.2 Å². The second kappa shape index (κ2) is 6.80. The van der Waals surface area contributed by atoms with E-state index in [4.69, 9.17) is 0 Å². The van der Waals surface area contributed by atoms with Gasteiger partial charge in [0.05, 0.1) is 11.1 Å². The number of hydrogen-bond donors (Lipinski definition) is 1. The first-order valence-electron chi connectivity index (χ1n) is 6.92. The molecule has 0 aliphatic rings. The highest BCUT2D eigenvalue weighted by molar-refractivity contribution is 7.98. The van der Waals surface area contributed by atoms with Gasteiger partial charge in [0.2, 0.25) is 0 Å². The molecule has 1 aromatic heterocycles. The van der Waals surface area contributed by atoms with E-state index >= 15 is 0 Å². The summed E-state index contributed by atoms with van der Waals surface area (Å²) in [7, 11) is 3.67. The van der Waals surface area contributed by atoms with Crippen LogP contribution >= 0.6 is 11.8 Å². The van der Waals surface area contributed by atoms with Crippen LogP contribution in [0.25, 0.3) is 10.9 Å². The number of nitrogens with zero attached hydrogens (tertiary/aromatic N) is 2. The minimum Gasteiger partial charge on any atom is -0.373 e. The van der Waals surface area contributed by atoms with Gasteiger partial charge in [-0.05, 0) is 25.3 Å². The molecule has 0 unspecified atom stereocenters. The number of benzene rings is 1. The first kappa shape index (κ1) is 15.6. The summed E-state index contributed by atoms with van der Waals surface area (Å²) in [6, 6.07) is 9.76. The average molecular weight is 303 g/mol. The zero-order valence-electron chi connectivity index (χ0n) is 12.9. The molecule has 0 radical (unpaired) electrons. The number of carbonyl (C=O) groups is 1. The van der Waals surface area contributed by atoms with E-state index in [9.17, 15) is 4.79 Å². The van der Waals surface area contributed by atoms with Crippen LogP contribution in [-0.2, 0) is 0 Å². The molecule has 5 heteroatoms. The molecule has 4 nitrogen and oxygen atoms in total. The average Bonchev–Trinajstić information content (AvgIpc) is 2.52. The zero-order valence-corrected chi connectivity index (χ0v) is 13.7. The third-order valence-electron chi connectivity index (χ3n) is 3.59. The van der Waals surface area contributed by atoms with Crippen LogP contribution < -0.4 is 5.32 Å². The lowest BCUT2D eigenvalue weighted by Gasteiger charge is -2.25. The van der Waals surface area contributed by atoms with Crippen LogP contribution in [0.2, 0.25) is 0 Å². The van der Waals surface area contributed by atoms with E-state index in [1.807, 2.05) is 44.4 Å². The lowest BCUT2D eigenvalue weighted by Crippen LogP contribution is -2.36. The number of carbonyl (C=O) groups excluding carboxylic acids is 1. The largest absolute Gasteiger partial charge is 0.373 e. The molecule has 2 rings (SSSR count). The van der Waals surface area contributed by atoms with Crippen LogP contribution in [0.15, 0.2) is 30.3 Å². The van der Waals surface area contributed by atoms with Gasteiger partial charge in [0.15, 0.2) is 0 Å². The standard InChI is InChI=1S/C16H21N3OS/c1-11(10-21-4)19(3)16(20)13-9-15(17-2)18-14-8-6-5-7-12(13)14/h5-9,11H,10H2,1-4H3,(H,17,18)/t11-/m0/s1. The van der Waals surface area contributed by atoms with E-state index in [-0.39, 0.29) is 11.9 Å². The minimum absolute atomic E-state index is 0.0339. The Bertz CT molecular complexity index is 644. The van der Waals surface area contributed by atoms with Gasteiger partial charge in [-0.3, -0.25) is 4.79 Å². The van der Waals surface area contributed by atoms with Crippen molar-refractivity contribution in [2.24, 2.45) is 0 Å². The summed E-state index contributed by atoms with van der Waals surface area (Å²) in [6.45, 7) is 2.07. The molecule has 0 fully saturated rings. The molecule has 0 aliphatic carbocycles. The summed E-state index contributed by atoms with van der Waals surface area (Å²) in [5.41, 5.74) is 1.53. The van der Waals surface area contributed by atoms with Crippen LogP contribution in [0.4, 0.5) is 5.82 Å². The number of pyridine rings is 1. The molecule has 1 heterocycles. The summed E-state index contributed by atoms with van der Waals surface area (Å²) in [4.78, 5) is 19.1. The van der Waals surface area contributed by atoms with Crippen LogP contribution in [0.3, 0.4) is 0 Å². The first-order valence-corrected chi connectivity index (χ1v) is 8.31. The summed E-state index contributed by atoms with van der Waals surface area (Å²) < 4.78 is 0. The molecule has 0 aliphatic heterocycles. The van der Waals surface area contributed by atoms with Crippen molar-refractivity contribution in [1.29, 1.82) is 0 Å². The fourth-order valence-corrected chi connectivity index (χ4v) is 2.93. The lowest BCUT2D eigenvalue weighted by atomic mass is 10.1. The number of hydrogen-bond acceptors (Lipinski definition) is 4. The molecule has 0 saturated carbocycles. The van der Waals surface area contributed by atoms with Crippen molar-refractivity contribution in [3.63, 3.8) is 0 Å². The van der Waals surface area contributed by atoms with Crippen LogP contribution in [0.5, 0.6) is 0 Å². The Morgan fingerprint density at radius 3 is 2.81 bits per heavy atom. The molecule has 1 atom stereocenters. The maximum Gasteiger partial charge on any atom is 0.254 e. The number of para-hydroxylation sites is 1. The molecule has 0 bridgehead atoms. The third kappa shape index (κ3) is 3.29. The first-order chi connectivity index (χ1) is 10.1. The summed E-state index contributed by atoms with van der Waals surface area (Å²) in [5, 5.41) is 3.91. The van der Waals surface area contributed by atoms with Gasteiger partial charge in [-0.1, -0.05) is 18.2 Å². The van der Waals surface area contributed by atoms with Gasteiger partial charge >= 0.3 is 0 Å². The summed E-state index contributed by atoms with van der Waals surface area (Å²) in [5.74, 6) is 1.67. The molecule has 0 spiro atoms. The van der Waals surface area contributed by atoms with E-state index in [0.717, 1.165) is 16.7 Å². The van der Waals surface area contributed by atoms with E-state index in [2.05, 4.69) is 23.5 Å². The number of amides is 1. The van der Waals surface area contributed by atoms with Crippen LogP contribution in [0, 0.1) is 0 Å². The van der Waals surface area contributed by atoms with Gasteiger partial charge in [-0.15, -0.1) is 0 Å². The van der Waals surface area contributed by atoms with Crippen molar-refractivity contribution in [3.05, 3.63) is 35.9 Å². The third-order valence-corrected chi connectivity index (χ3v) is 4.41. The molecule has 0 saturated heterocycles. The fraction of sp³-hybridized carbons (Fsp3) is 0.375. The molecule has 1 amide bonds.